The molecule has 4 rings (SSSR count). The molecule has 0 fully saturated rings. The number of benzene rings is 2. The Bertz CT molecular complexity index is 896. The summed E-state index contributed by atoms with van der Waals surface area (Å²) in [6.45, 7) is 5.09. The van der Waals surface area contributed by atoms with Gasteiger partial charge in [-0.2, -0.15) is 0 Å². The molecule has 0 amide bonds. The number of hydrogen-bond acceptors (Lipinski definition) is 3. The summed E-state index contributed by atoms with van der Waals surface area (Å²) in [5, 5.41) is 0. The van der Waals surface area contributed by atoms with Gasteiger partial charge in [0.25, 0.3) is 0 Å². The van der Waals surface area contributed by atoms with Crippen LogP contribution in [0.2, 0.25) is 0 Å². The zero-order chi connectivity index (χ0) is 19.3. The van der Waals surface area contributed by atoms with Crippen LogP contribution in [0.3, 0.4) is 0 Å². The molecule has 1 unspecified atom stereocenters. The van der Waals surface area contributed by atoms with Crippen LogP contribution in [-0.4, -0.2) is 23.5 Å². The van der Waals surface area contributed by atoms with Crippen molar-refractivity contribution < 1.29 is 4.74 Å². The standard InChI is InChI=1S/C25H26N2O/c1-18(2)16-21-17-28-25(26-21)23-15-9-14-22(27-23)24(19-10-5-3-6-11-19)20-12-7-4-8-13-20/h3-15,18,21,24H,16-17H2,1-2H3. The van der Waals surface area contributed by atoms with E-state index in [1.54, 1.807) is 0 Å². The molecule has 1 aliphatic rings. The van der Waals surface area contributed by atoms with Crippen LogP contribution in [0.4, 0.5) is 0 Å². The Balaban J connectivity index is 1.70. The fourth-order valence-corrected chi connectivity index (χ4v) is 3.78. The van der Waals surface area contributed by atoms with Crippen LogP contribution in [0.15, 0.2) is 83.9 Å². The molecule has 0 N–H and O–H groups in total. The monoisotopic (exact) mass is 370 g/mol. The van der Waals surface area contributed by atoms with E-state index in [9.17, 15) is 0 Å². The summed E-state index contributed by atoms with van der Waals surface area (Å²) < 4.78 is 5.89. The maximum absolute atomic E-state index is 5.89. The minimum absolute atomic E-state index is 0.0795. The molecule has 0 radical (unpaired) electrons. The van der Waals surface area contributed by atoms with Crippen molar-refractivity contribution in [3.63, 3.8) is 0 Å². The number of nitrogens with zero attached hydrogens (tertiary/aromatic N) is 2. The summed E-state index contributed by atoms with van der Waals surface area (Å²) in [6.07, 6.45) is 1.04. The highest BCUT2D eigenvalue weighted by molar-refractivity contribution is 5.93. The minimum atomic E-state index is 0.0795. The smallest absolute Gasteiger partial charge is 0.235 e. The van der Waals surface area contributed by atoms with E-state index >= 15 is 0 Å². The summed E-state index contributed by atoms with van der Waals surface area (Å²) in [6, 6.07) is 27.4. The fraction of sp³-hybridized carbons (Fsp3) is 0.280. The summed E-state index contributed by atoms with van der Waals surface area (Å²) in [5.74, 6) is 1.36. The van der Waals surface area contributed by atoms with E-state index < -0.39 is 0 Å². The Labute approximate surface area is 167 Å². The Hall–Kier alpha value is -2.94. The molecule has 0 aliphatic carbocycles. The molecule has 0 saturated carbocycles. The van der Waals surface area contributed by atoms with Crippen LogP contribution < -0.4 is 0 Å². The molecule has 0 spiro atoms. The lowest BCUT2D eigenvalue weighted by atomic mass is 9.88. The maximum atomic E-state index is 5.89. The van der Waals surface area contributed by atoms with E-state index in [0.29, 0.717) is 18.4 Å². The number of aliphatic imine (C=N–C) groups is 1. The molecule has 2 aromatic carbocycles. The fourth-order valence-electron chi connectivity index (χ4n) is 3.78. The van der Waals surface area contributed by atoms with E-state index in [1.165, 1.54) is 11.1 Å². The number of hydrogen-bond donors (Lipinski definition) is 0. The first kappa shape index (κ1) is 18.4. The summed E-state index contributed by atoms with van der Waals surface area (Å²) in [5.41, 5.74) is 4.28. The van der Waals surface area contributed by atoms with Crippen molar-refractivity contribution >= 4 is 5.90 Å². The van der Waals surface area contributed by atoms with Gasteiger partial charge in [0, 0.05) is 0 Å². The molecule has 0 saturated heterocycles. The van der Waals surface area contributed by atoms with Gasteiger partial charge in [-0.1, -0.05) is 80.6 Å². The molecule has 3 heteroatoms. The molecular formula is C25H26N2O. The van der Waals surface area contributed by atoms with Crippen LogP contribution >= 0.6 is 0 Å². The normalized spacial score (nSPS) is 16.3. The largest absolute Gasteiger partial charge is 0.474 e. The minimum Gasteiger partial charge on any atom is -0.474 e. The first-order valence-corrected chi connectivity index (χ1v) is 9.98. The molecular weight excluding hydrogens is 344 g/mol. The van der Waals surface area contributed by atoms with Gasteiger partial charge in [-0.05, 0) is 35.6 Å². The molecule has 3 aromatic rings. The van der Waals surface area contributed by atoms with Gasteiger partial charge >= 0.3 is 0 Å². The second-order valence-electron chi connectivity index (χ2n) is 7.73. The number of ether oxygens (including phenoxy) is 1. The predicted molar refractivity (Wildman–Crippen MR) is 114 cm³/mol. The first-order valence-electron chi connectivity index (χ1n) is 9.98. The summed E-state index contributed by atoms with van der Waals surface area (Å²) in [4.78, 5) is 9.74. The van der Waals surface area contributed by atoms with Gasteiger partial charge in [0.1, 0.15) is 12.3 Å². The molecule has 1 aliphatic heterocycles. The molecule has 1 atom stereocenters. The quantitative estimate of drug-likeness (QED) is 0.578. The van der Waals surface area contributed by atoms with Crippen LogP contribution in [-0.2, 0) is 4.74 Å². The van der Waals surface area contributed by atoms with Crippen molar-refractivity contribution in [2.45, 2.75) is 32.2 Å². The highest BCUT2D eigenvalue weighted by Gasteiger charge is 2.24. The molecule has 142 valence electrons. The van der Waals surface area contributed by atoms with Crippen LogP contribution in [0.1, 0.15) is 48.7 Å². The van der Waals surface area contributed by atoms with Gasteiger partial charge in [-0.15, -0.1) is 0 Å². The molecule has 28 heavy (non-hydrogen) atoms. The van der Waals surface area contributed by atoms with E-state index in [4.69, 9.17) is 14.7 Å². The van der Waals surface area contributed by atoms with E-state index in [2.05, 4.69) is 74.5 Å². The van der Waals surface area contributed by atoms with Crippen molar-refractivity contribution in [3.8, 4) is 0 Å². The van der Waals surface area contributed by atoms with Gasteiger partial charge < -0.3 is 4.74 Å². The van der Waals surface area contributed by atoms with Crippen molar-refractivity contribution in [2.24, 2.45) is 10.9 Å². The zero-order valence-electron chi connectivity index (χ0n) is 16.5. The lowest BCUT2D eigenvalue weighted by Crippen LogP contribution is -2.10. The second kappa shape index (κ2) is 8.39. The van der Waals surface area contributed by atoms with Crippen LogP contribution in [0, 0.1) is 5.92 Å². The van der Waals surface area contributed by atoms with E-state index in [1.807, 2.05) is 18.2 Å². The molecule has 3 nitrogen and oxygen atoms in total. The topological polar surface area (TPSA) is 34.5 Å². The number of pyridine rings is 1. The van der Waals surface area contributed by atoms with Gasteiger partial charge in [-0.3, -0.25) is 0 Å². The lowest BCUT2D eigenvalue weighted by molar-refractivity contribution is 0.301. The number of aromatic nitrogens is 1. The third-order valence-electron chi connectivity index (χ3n) is 5.01. The van der Waals surface area contributed by atoms with Crippen LogP contribution in [0.25, 0.3) is 0 Å². The van der Waals surface area contributed by atoms with Gasteiger partial charge in [0.15, 0.2) is 0 Å². The SMILES string of the molecule is CC(C)CC1COC(c2cccc(C(c3ccccc3)c3ccccc3)n2)=N1. The molecule has 2 heterocycles. The first-order chi connectivity index (χ1) is 13.7. The van der Waals surface area contributed by atoms with E-state index in [-0.39, 0.29) is 12.0 Å². The number of rotatable bonds is 6. The second-order valence-corrected chi connectivity index (χ2v) is 7.73. The Morgan fingerprint density at radius 2 is 1.50 bits per heavy atom. The summed E-state index contributed by atoms with van der Waals surface area (Å²) >= 11 is 0. The molecule has 1 aromatic heterocycles. The van der Waals surface area contributed by atoms with Crippen molar-refractivity contribution in [1.29, 1.82) is 0 Å². The third-order valence-corrected chi connectivity index (χ3v) is 5.01. The van der Waals surface area contributed by atoms with E-state index in [0.717, 1.165) is 17.8 Å². The van der Waals surface area contributed by atoms with Crippen molar-refractivity contribution in [3.05, 3.63) is 101 Å². The Morgan fingerprint density at radius 1 is 0.857 bits per heavy atom. The van der Waals surface area contributed by atoms with Gasteiger partial charge in [0.05, 0.1) is 17.7 Å². The van der Waals surface area contributed by atoms with Gasteiger partial charge in [-0.25, -0.2) is 9.98 Å². The highest BCUT2D eigenvalue weighted by Crippen LogP contribution is 2.31. The van der Waals surface area contributed by atoms with Crippen molar-refractivity contribution in [1.82, 2.24) is 4.98 Å². The van der Waals surface area contributed by atoms with Gasteiger partial charge in [0.2, 0.25) is 5.90 Å². The maximum Gasteiger partial charge on any atom is 0.235 e. The zero-order valence-corrected chi connectivity index (χ0v) is 16.5. The van der Waals surface area contributed by atoms with Crippen molar-refractivity contribution in [2.75, 3.05) is 6.61 Å². The lowest BCUT2D eigenvalue weighted by Gasteiger charge is -2.18. The third kappa shape index (κ3) is 4.14. The molecule has 0 bridgehead atoms. The highest BCUT2D eigenvalue weighted by atomic mass is 16.5. The Kier molecular flexibility index (Phi) is 5.52. The van der Waals surface area contributed by atoms with Crippen LogP contribution in [0.5, 0.6) is 0 Å². The Morgan fingerprint density at radius 3 is 2.11 bits per heavy atom. The average Bonchev–Trinajstić information content (AvgIpc) is 3.18. The summed E-state index contributed by atoms with van der Waals surface area (Å²) in [7, 11) is 0. The average molecular weight is 370 g/mol. The predicted octanol–water partition coefficient (Wildman–Crippen LogP) is 5.45.